The van der Waals surface area contributed by atoms with Gasteiger partial charge in [0.2, 0.25) is 0 Å². The largest absolute Gasteiger partial charge is 0.433 e. The Hall–Kier alpha value is -3.08. The number of halogens is 3. The molecule has 0 aromatic carbocycles. The molecule has 0 unspecified atom stereocenters. The highest BCUT2D eigenvalue weighted by Crippen LogP contribution is 2.37. The number of rotatable bonds is 3. The van der Waals surface area contributed by atoms with Crippen molar-refractivity contribution in [1.82, 2.24) is 25.1 Å². The van der Waals surface area contributed by atoms with Gasteiger partial charge in [0.05, 0.1) is 33.8 Å². The van der Waals surface area contributed by atoms with Crippen molar-refractivity contribution in [2.75, 3.05) is 23.3 Å². The summed E-state index contributed by atoms with van der Waals surface area (Å²) >= 11 is 1.50. The van der Waals surface area contributed by atoms with Crippen LogP contribution in [0.1, 0.15) is 17.0 Å². The Labute approximate surface area is 173 Å². The van der Waals surface area contributed by atoms with E-state index in [0.717, 1.165) is 43.6 Å². The van der Waals surface area contributed by atoms with Crippen molar-refractivity contribution >= 4 is 43.3 Å². The Kier molecular flexibility index (Phi) is 4.24. The number of fused-ring (bicyclic) bond motifs is 3. The van der Waals surface area contributed by atoms with Crippen molar-refractivity contribution in [2.45, 2.75) is 26.1 Å². The zero-order valence-electron chi connectivity index (χ0n) is 16.0. The molecule has 4 aromatic heterocycles. The molecule has 0 amide bonds. The van der Waals surface area contributed by atoms with Gasteiger partial charge in [0.25, 0.3) is 0 Å². The van der Waals surface area contributed by atoms with Crippen LogP contribution < -0.4 is 10.2 Å². The van der Waals surface area contributed by atoms with Crippen molar-refractivity contribution in [3.63, 3.8) is 0 Å². The molecule has 0 saturated carbocycles. The van der Waals surface area contributed by atoms with Crippen molar-refractivity contribution in [2.24, 2.45) is 0 Å². The molecule has 154 valence electrons. The first-order valence-corrected chi connectivity index (χ1v) is 10.0. The number of thiophene rings is 1. The van der Waals surface area contributed by atoms with Gasteiger partial charge in [-0.3, -0.25) is 0 Å². The first-order chi connectivity index (χ1) is 14.3. The van der Waals surface area contributed by atoms with Crippen molar-refractivity contribution in [1.29, 1.82) is 0 Å². The van der Waals surface area contributed by atoms with Crippen molar-refractivity contribution < 1.29 is 13.2 Å². The van der Waals surface area contributed by atoms with Gasteiger partial charge in [0.15, 0.2) is 0 Å². The topological polar surface area (TPSA) is 79.7 Å². The third-order valence-electron chi connectivity index (χ3n) is 5.29. The second kappa shape index (κ2) is 6.73. The van der Waals surface area contributed by atoms with Crippen LogP contribution in [0.2, 0.25) is 0 Å². The Morgan fingerprint density at radius 3 is 2.60 bits per heavy atom. The minimum atomic E-state index is -4.43. The first kappa shape index (κ1) is 18.9. The Morgan fingerprint density at radius 2 is 1.90 bits per heavy atom. The summed E-state index contributed by atoms with van der Waals surface area (Å²) in [7, 11) is 0. The van der Waals surface area contributed by atoms with Gasteiger partial charge < -0.3 is 10.2 Å². The average Bonchev–Trinajstić information content (AvgIpc) is 3.07. The monoisotopic (exact) mass is 431 g/mol. The minimum Gasteiger partial charge on any atom is -0.366 e. The van der Waals surface area contributed by atoms with Gasteiger partial charge in [-0.15, -0.1) is 16.4 Å². The van der Waals surface area contributed by atoms with Crippen LogP contribution in [0, 0.1) is 13.8 Å². The molecule has 1 saturated heterocycles. The number of anilines is 2. The van der Waals surface area contributed by atoms with Crippen LogP contribution in [0.3, 0.4) is 0 Å². The number of alkyl halides is 3. The van der Waals surface area contributed by atoms with Gasteiger partial charge in [0.1, 0.15) is 22.7 Å². The van der Waals surface area contributed by atoms with Crippen LogP contribution >= 0.6 is 11.3 Å². The molecule has 30 heavy (non-hydrogen) atoms. The fourth-order valence-corrected chi connectivity index (χ4v) is 4.59. The Morgan fingerprint density at radius 1 is 1.10 bits per heavy atom. The van der Waals surface area contributed by atoms with E-state index in [1.165, 1.54) is 29.9 Å². The number of nitrogens with one attached hydrogen (secondary N) is 1. The van der Waals surface area contributed by atoms with Crippen LogP contribution in [-0.4, -0.2) is 44.3 Å². The maximum Gasteiger partial charge on any atom is 0.433 e. The summed E-state index contributed by atoms with van der Waals surface area (Å²) in [5.41, 5.74) is 2.56. The lowest BCUT2D eigenvalue weighted by atomic mass is 10.1. The van der Waals surface area contributed by atoms with Crippen molar-refractivity contribution in [3.8, 4) is 0 Å². The molecule has 0 atom stereocenters. The summed E-state index contributed by atoms with van der Waals surface area (Å²) in [6, 6.07) is 2.57. The molecule has 0 spiro atoms. The number of aromatic nitrogens is 5. The second-order valence-corrected chi connectivity index (χ2v) is 8.24. The smallest absolute Gasteiger partial charge is 0.366 e. The molecule has 1 aliphatic rings. The molecule has 1 aliphatic heterocycles. The standard InChI is InChI=1S/C19H16F3N7S/c1-9-10(2)27-28-18-14(9)15-16(30-18)17(25-8-24-15)26-11-6-29(7-11)12-3-4-13(23-5-12)19(20,21)22/h3-5,8,11H,6-7H2,1-2H3,(H,24,25,26). The van der Waals surface area contributed by atoms with E-state index in [4.69, 9.17) is 0 Å². The van der Waals surface area contributed by atoms with Crippen LogP contribution in [0.5, 0.6) is 0 Å². The van der Waals surface area contributed by atoms with Crippen LogP contribution in [0.15, 0.2) is 24.7 Å². The van der Waals surface area contributed by atoms with Gasteiger partial charge in [-0.2, -0.15) is 18.3 Å². The second-order valence-electron chi connectivity index (χ2n) is 7.24. The molecule has 0 radical (unpaired) electrons. The lowest BCUT2D eigenvalue weighted by Gasteiger charge is -2.41. The molecule has 0 bridgehead atoms. The number of hydrogen-bond donors (Lipinski definition) is 1. The zero-order valence-corrected chi connectivity index (χ0v) is 16.8. The number of pyridine rings is 1. The first-order valence-electron chi connectivity index (χ1n) is 9.23. The summed E-state index contributed by atoms with van der Waals surface area (Å²) in [6.07, 6.45) is -1.64. The van der Waals surface area contributed by atoms with Gasteiger partial charge in [-0.05, 0) is 31.5 Å². The third-order valence-corrected chi connectivity index (χ3v) is 6.36. The molecular formula is C19H16F3N7S. The minimum absolute atomic E-state index is 0.115. The van der Waals surface area contributed by atoms with Gasteiger partial charge in [-0.1, -0.05) is 0 Å². The van der Waals surface area contributed by atoms with E-state index in [1.807, 2.05) is 18.7 Å². The van der Waals surface area contributed by atoms with Gasteiger partial charge >= 0.3 is 6.18 Å². The molecule has 4 aromatic rings. The summed E-state index contributed by atoms with van der Waals surface area (Å²) < 4.78 is 38.9. The summed E-state index contributed by atoms with van der Waals surface area (Å²) in [6.45, 7) is 5.21. The molecule has 5 heterocycles. The molecule has 0 aliphatic carbocycles. The number of hydrogen-bond acceptors (Lipinski definition) is 8. The quantitative estimate of drug-likeness (QED) is 0.526. The molecule has 1 fully saturated rings. The molecule has 7 nitrogen and oxygen atoms in total. The van der Waals surface area contributed by atoms with Crippen LogP contribution in [0.4, 0.5) is 24.7 Å². The molecule has 11 heteroatoms. The lowest BCUT2D eigenvalue weighted by Crippen LogP contribution is -2.55. The highest BCUT2D eigenvalue weighted by Gasteiger charge is 2.33. The fourth-order valence-electron chi connectivity index (χ4n) is 3.50. The van der Waals surface area contributed by atoms with Crippen LogP contribution in [0.25, 0.3) is 20.4 Å². The highest BCUT2D eigenvalue weighted by molar-refractivity contribution is 7.25. The Bertz CT molecular complexity index is 1250. The van der Waals surface area contributed by atoms with E-state index < -0.39 is 11.9 Å². The number of aryl methyl sites for hydroxylation is 2. The predicted molar refractivity (Wildman–Crippen MR) is 109 cm³/mol. The van der Waals surface area contributed by atoms with E-state index in [9.17, 15) is 13.2 Å². The Balaban J connectivity index is 1.35. The van der Waals surface area contributed by atoms with Crippen LogP contribution in [-0.2, 0) is 6.18 Å². The van der Waals surface area contributed by atoms with Crippen molar-refractivity contribution in [3.05, 3.63) is 41.6 Å². The van der Waals surface area contributed by atoms with E-state index in [0.29, 0.717) is 18.8 Å². The summed E-state index contributed by atoms with van der Waals surface area (Å²) in [5, 5.41) is 12.9. The highest BCUT2D eigenvalue weighted by atomic mass is 32.1. The maximum atomic E-state index is 12.7. The normalized spacial score (nSPS) is 15.0. The van der Waals surface area contributed by atoms with Gasteiger partial charge in [-0.25, -0.2) is 15.0 Å². The SMILES string of the molecule is Cc1nnc2sc3c(NC4CN(c5ccc(C(F)(F)F)nc5)C4)ncnc3c2c1C. The molecular weight excluding hydrogens is 415 g/mol. The molecule has 5 rings (SSSR count). The summed E-state index contributed by atoms with van der Waals surface area (Å²) in [4.78, 5) is 15.2. The van der Waals surface area contributed by atoms with Gasteiger partial charge in [0, 0.05) is 18.5 Å². The van der Waals surface area contributed by atoms with E-state index in [1.54, 1.807) is 0 Å². The summed E-state index contributed by atoms with van der Waals surface area (Å²) in [5.74, 6) is 0.732. The zero-order chi connectivity index (χ0) is 21.0. The van der Waals surface area contributed by atoms with E-state index >= 15 is 0 Å². The maximum absolute atomic E-state index is 12.7. The lowest BCUT2D eigenvalue weighted by molar-refractivity contribution is -0.141. The fraction of sp³-hybridized carbons (Fsp3) is 0.316. The number of nitrogens with zero attached hydrogens (tertiary/aromatic N) is 6. The van der Waals surface area contributed by atoms with E-state index in [-0.39, 0.29) is 6.04 Å². The third kappa shape index (κ3) is 3.09. The van der Waals surface area contributed by atoms with E-state index in [2.05, 4.69) is 30.5 Å². The average molecular weight is 431 g/mol. The predicted octanol–water partition coefficient (Wildman–Crippen LogP) is 3.97. The molecule has 1 N–H and O–H groups in total.